The summed E-state index contributed by atoms with van der Waals surface area (Å²) in [4.78, 5) is 23.6. The molecule has 2 aromatic heterocycles. The first kappa shape index (κ1) is 23.3. The van der Waals surface area contributed by atoms with Crippen molar-refractivity contribution in [2.24, 2.45) is 0 Å². The molecule has 0 spiro atoms. The molecule has 36 heavy (non-hydrogen) atoms. The second kappa shape index (κ2) is 9.69. The van der Waals surface area contributed by atoms with Crippen molar-refractivity contribution in [3.05, 3.63) is 79.2 Å². The Kier molecular flexibility index (Phi) is 6.28. The summed E-state index contributed by atoms with van der Waals surface area (Å²) in [7, 11) is 2.98. The molecule has 1 fully saturated rings. The van der Waals surface area contributed by atoms with Gasteiger partial charge in [-0.1, -0.05) is 12.6 Å². The zero-order valence-electron chi connectivity index (χ0n) is 20.0. The predicted molar refractivity (Wildman–Crippen MR) is 132 cm³/mol. The molecule has 1 aliphatic rings. The number of aromatic nitrogens is 3. The molecule has 3 heterocycles. The van der Waals surface area contributed by atoms with E-state index in [1.165, 1.54) is 25.3 Å². The van der Waals surface area contributed by atoms with Crippen LogP contribution in [0.2, 0.25) is 0 Å². The van der Waals surface area contributed by atoms with Crippen molar-refractivity contribution >= 4 is 11.4 Å². The molecule has 9 heteroatoms. The Balaban J connectivity index is 1.54. The Morgan fingerprint density at radius 1 is 1.11 bits per heavy atom. The quantitative estimate of drug-likeness (QED) is 0.333. The van der Waals surface area contributed by atoms with E-state index in [1.807, 2.05) is 16.5 Å². The molecule has 4 aromatic rings. The number of ether oxygens (including phenoxy) is 3. The van der Waals surface area contributed by atoms with Gasteiger partial charge in [-0.15, -0.1) is 0 Å². The van der Waals surface area contributed by atoms with Gasteiger partial charge in [0.25, 0.3) is 0 Å². The molecule has 0 saturated carbocycles. The predicted octanol–water partition coefficient (Wildman–Crippen LogP) is 5.19. The van der Waals surface area contributed by atoms with E-state index in [2.05, 4.69) is 11.6 Å². The molecule has 0 radical (unpaired) electrons. The molecule has 1 amide bonds. The molecular formula is C27H25FN4O4. The van der Waals surface area contributed by atoms with E-state index < -0.39 is 5.82 Å². The number of rotatable bonds is 7. The zero-order chi connectivity index (χ0) is 25.2. The van der Waals surface area contributed by atoms with E-state index in [9.17, 15) is 9.18 Å². The summed E-state index contributed by atoms with van der Waals surface area (Å²) in [5.41, 5.74) is 2.25. The van der Waals surface area contributed by atoms with Gasteiger partial charge in [-0.25, -0.2) is 4.98 Å². The fraction of sp³-hybridized carbons (Fsp3) is 0.222. The number of hydrogen-bond acceptors (Lipinski definition) is 6. The van der Waals surface area contributed by atoms with Crippen LogP contribution < -0.4 is 14.2 Å². The number of likely N-dealkylation sites (tertiary alicyclic amines) is 1. The van der Waals surface area contributed by atoms with E-state index in [0.717, 1.165) is 23.9 Å². The van der Waals surface area contributed by atoms with Crippen molar-refractivity contribution in [3.63, 3.8) is 0 Å². The highest BCUT2D eigenvalue weighted by molar-refractivity contribution is 5.87. The van der Waals surface area contributed by atoms with E-state index in [1.54, 1.807) is 42.6 Å². The van der Waals surface area contributed by atoms with Gasteiger partial charge < -0.3 is 19.1 Å². The average molecular weight is 489 g/mol. The van der Waals surface area contributed by atoms with Crippen molar-refractivity contribution < 1.29 is 23.4 Å². The summed E-state index contributed by atoms with van der Waals surface area (Å²) >= 11 is 0. The van der Waals surface area contributed by atoms with Gasteiger partial charge in [-0.05, 0) is 55.3 Å². The lowest BCUT2D eigenvalue weighted by Gasteiger charge is -2.22. The van der Waals surface area contributed by atoms with E-state index in [-0.39, 0.29) is 23.4 Å². The summed E-state index contributed by atoms with van der Waals surface area (Å²) in [6, 6.07) is 11.7. The number of fused-ring (bicyclic) bond motifs is 1. The lowest BCUT2D eigenvalue weighted by Crippen LogP contribution is -2.30. The third-order valence-electron chi connectivity index (χ3n) is 6.26. The first-order valence-electron chi connectivity index (χ1n) is 11.5. The molecule has 1 atom stereocenters. The van der Waals surface area contributed by atoms with Crippen LogP contribution in [-0.2, 0) is 4.79 Å². The molecule has 0 N–H and O–H groups in total. The number of carbonyl (C=O) groups excluding carboxylic acids is 1. The minimum Gasteiger partial charge on any atom is -0.494 e. The lowest BCUT2D eigenvalue weighted by molar-refractivity contribution is -0.127. The molecule has 5 rings (SSSR count). The van der Waals surface area contributed by atoms with Crippen LogP contribution in [0, 0.1) is 5.82 Å². The third-order valence-corrected chi connectivity index (χ3v) is 6.26. The Labute approximate surface area is 207 Å². The van der Waals surface area contributed by atoms with E-state index in [4.69, 9.17) is 19.2 Å². The molecule has 8 nitrogen and oxygen atoms in total. The van der Waals surface area contributed by atoms with Crippen molar-refractivity contribution in [2.45, 2.75) is 18.9 Å². The van der Waals surface area contributed by atoms with Crippen LogP contribution >= 0.6 is 0 Å². The van der Waals surface area contributed by atoms with Gasteiger partial charge in [0.15, 0.2) is 11.5 Å². The standard InChI is InChI=1S/C27H25FN4O4/c1-4-23(33)31-14-6-7-19(31)27-30-26(20-15-29-16-24(35-3)32(20)27)17-10-12-18(13-11-17)36-22-9-5-8-21(34-2)25(22)28/h4-5,8-13,15-16,19H,1,6-7,14H2,2-3H3. The van der Waals surface area contributed by atoms with Crippen LogP contribution in [0.15, 0.2) is 67.5 Å². The number of amides is 1. The normalized spacial score (nSPS) is 15.2. The Morgan fingerprint density at radius 2 is 1.89 bits per heavy atom. The van der Waals surface area contributed by atoms with Gasteiger partial charge in [-0.2, -0.15) is 4.39 Å². The number of imidazole rings is 1. The van der Waals surface area contributed by atoms with Crippen molar-refractivity contribution in [1.29, 1.82) is 0 Å². The topological polar surface area (TPSA) is 78.2 Å². The first-order chi connectivity index (χ1) is 17.5. The highest BCUT2D eigenvalue weighted by Gasteiger charge is 2.33. The maximum atomic E-state index is 14.5. The zero-order valence-corrected chi connectivity index (χ0v) is 20.0. The van der Waals surface area contributed by atoms with Crippen molar-refractivity contribution in [3.8, 4) is 34.4 Å². The minimum atomic E-state index is -0.567. The number of hydrogen-bond donors (Lipinski definition) is 0. The maximum absolute atomic E-state index is 14.5. The summed E-state index contributed by atoms with van der Waals surface area (Å²) in [6.45, 7) is 4.28. The minimum absolute atomic E-state index is 0.0685. The summed E-state index contributed by atoms with van der Waals surface area (Å²) in [5.74, 6) is 1.16. The average Bonchev–Trinajstić information content (AvgIpc) is 3.55. The molecule has 1 aliphatic heterocycles. The van der Waals surface area contributed by atoms with Crippen LogP contribution in [0.3, 0.4) is 0 Å². The van der Waals surface area contributed by atoms with Crippen LogP contribution in [0.1, 0.15) is 24.7 Å². The fourth-order valence-electron chi connectivity index (χ4n) is 4.56. The van der Waals surface area contributed by atoms with Crippen LogP contribution in [0.25, 0.3) is 16.8 Å². The lowest BCUT2D eigenvalue weighted by atomic mass is 10.1. The number of benzene rings is 2. The second-order valence-electron chi connectivity index (χ2n) is 8.28. The van der Waals surface area contributed by atoms with Crippen LogP contribution in [0.5, 0.6) is 23.1 Å². The second-order valence-corrected chi connectivity index (χ2v) is 8.28. The number of methoxy groups -OCH3 is 2. The van der Waals surface area contributed by atoms with Crippen LogP contribution in [-0.4, -0.2) is 45.9 Å². The van der Waals surface area contributed by atoms with Gasteiger partial charge in [0.2, 0.25) is 17.6 Å². The molecule has 184 valence electrons. The number of halogens is 1. The number of nitrogens with zero attached hydrogens (tertiary/aromatic N) is 4. The summed E-state index contributed by atoms with van der Waals surface area (Å²) in [5, 5.41) is 0. The highest BCUT2D eigenvalue weighted by Crippen LogP contribution is 2.38. The maximum Gasteiger partial charge on any atom is 0.246 e. The van der Waals surface area contributed by atoms with Crippen molar-refractivity contribution in [1.82, 2.24) is 19.3 Å². The van der Waals surface area contributed by atoms with Gasteiger partial charge in [0.1, 0.15) is 11.6 Å². The SMILES string of the molecule is C=CC(=O)N1CCCC1c1nc(-c2ccc(Oc3cccc(OC)c3F)cc2)c2cncc(OC)n12. The number of carbonyl (C=O) groups is 1. The molecule has 2 aromatic carbocycles. The molecule has 1 unspecified atom stereocenters. The summed E-state index contributed by atoms with van der Waals surface area (Å²) < 4.78 is 32.7. The van der Waals surface area contributed by atoms with Crippen LogP contribution in [0.4, 0.5) is 4.39 Å². The first-order valence-corrected chi connectivity index (χ1v) is 11.5. The fourth-order valence-corrected chi connectivity index (χ4v) is 4.56. The Morgan fingerprint density at radius 3 is 2.61 bits per heavy atom. The van der Waals surface area contributed by atoms with Gasteiger partial charge in [-0.3, -0.25) is 14.2 Å². The largest absolute Gasteiger partial charge is 0.494 e. The Hall–Kier alpha value is -4.40. The highest BCUT2D eigenvalue weighted by atomic mass is 19.1. The smallest absolute Gasteiger partial charge is 0.246 e. The van der Waals surface area contributed by atoms with Gasteiger partial charge in [0.05, 0.1) is 43.9 Å². The van der Waals surface area contributed by atoms with Gasteiger partial charge >= 0.3 is 0 Å². The van der Waals surface area contributed by atoms with E-state index >= 15 is 0 Å². The third kappa shape index (κ3) is 4.02. The van der Waals surface area contributed by atoms with E-state index in [0.29, 0.717) is 29.7 Å². The Bertz CT molecular complexity index is 1430. The monoisotopic (exact) mass is 488 g/mol. The molecule has 1 saturated heterocycles. The molecular weight excluding hydrogens is 463 g/mol. The van der Waals surface area contributed by atoms with Gasteiger partial charge in [0, 0.05) is 12.1 Å². The summed E-state index contributed by atoms with van der Waals surface area (Å²) in [6.07, 6.45) is 6.32. The molecule has 0 aliphatic carbocycles. The van der Waals surface area contributed by atoms with Crippen molar-refractivity contribution in [2.75, 3.05) is 20.8 Å². The molecule has 0 bridgehead atoms.